The molecule has 0 rings (SSSR count). The van der Waals surface area contributed by atoms with Crippen molar-refractivity contribution in [3.63, 3.8) is 0 Å². The highest BCUT2D eigenvalue weighted by Crippen LogP contribution is 2.18. The van der Waals surface area contributed by atoms with Gasteiger partial charge in [-0.1, -0.05) is 327 Å². The summed E-state index contributed by atoms with van der Waals surface area (Å²) in [6, 6.07) is 0. The molecule has 1 atom stereocenters. The van der Waals surface area contributed by atoms with Gasteiger partial charge in [0.1, 0.15) is 13.2 Å². The van der Waals surface area contributed by atoms with E-state index in [2.05, 4.69) is 57.2 Å². The van der Waals surface area contributed by atoms with Crippen LogP contribution in [0, 0.1) is 0 Å². The number of hydrogen-bond donors (Lipinski definition) is 0. The molecule has 0 aliphatic heterocycles. The molecule has 75 heavy (non-hydrogen) atoms. The molecule has 0 saturated carbocycles. The fourth-order valence-electron chi connectivity index (χ4n) is 10.1. The Kier molecular flexibility index (Phi) is 62.1. The zero-order valence-corrected chi connectivity index (χ0v) is 50.6. The van der Waals surface area contributed by atoms with Crippen molar-refractivity contribution in [2.24, 2.45) is 0 Å². The molecule has 0 bridgehead atoms. The summed E-state index contributed by atoms with van der Waals surface area (Å²) in [5.41, 5.74) is 0. The smallest absolute Gasteiger partial charge is 0.306 e. The number of carbonyl (C=O) groups is 3. The fourth-order valence-corrected chi connectivity index (χ4v) is 10.1. The number of esters is 3. The number of carbonyl (C=O) groups excluding carboxylic acids is 3. The highest BCUT2D eigenvalue weighted by Gasteiger charge is 2.19. The fraction of sp³-hybridized carbons (Fsp3) is 0.870. The Morgan fingerprint density at radius 3 is 0.747 bits per heavy atom. The number of hydrogen-bond acceptors (Lipinski definition) is 6. The Morgan fingerprint density at radius 1 is 0.267 bits per heavy atom. The van der Waals surface area contributed by atoms with Crippen molar-refractivity contribution in [3.05, 3.63) is 36.5 Å². The van der Waals surface area contributed by atoms with E-state index in [0.29, 0.717) is 19.3 Å². The third kappa shape index (κ3) is 62.4. The normalized spacial score (nSPS) is 12.2. The van der Waals surface area contributed by atoms with Gasteiger partial charge in [0, 0.05) is 19.3 Å². The number of ether oxygens (including phenoxy) is 3. The van der Waals surface area contributed by atoms with E-state index in [1.807, 2.05) is 0 Å². The second-order valence-electron chi connectivity index (χ2n) is 22.7. The lowest BCUT2D eigenvalue weighted by molar-refractivity contribution is -0.167. The summed E-state index contributed by atoms with van der Waals surface area (Å²) in [7, 11) is 0. The van der Waals surface area contributed by atoms with Crippen LogP contribution in [0.2, 0.25) is 0 Å². The first-order chi connectivity index (χ1) is 37.0. The Hall–Kier alpha value is -2.37. The topological polar surface area (TPSA) is 78.9 Å². The lowest BCUT2D eigenvalue weighted by Crippen LogP contribution is -2.30. The molecule has 1 unspecified atom stereocenters. The minimum Gasteiger partial charge on any atom is -0.462 e. The van der Waals surface area contributed by atoms with Gasteiger partial charge in [0.15, 0.2) is 6.10 Å². The first-order valence-electron chi connectivity index (χ1n) is 33.5. The van der Waals surface area contributed by atoms with Crippen molar-refractivity contribution in [3.8, 4) is 0 Å². The molecular formula is C69H128O6. The van der Waals surface area contributed by atoms with Gasteiger partial charge in [-0.3, -0.25) is 14.4 Å². The van der Waals surface area contributed by atoms with Crippen molar-refractivity contribution in [1.82, 2.24) is 0 Å². The van der Waals surface area contributed by atoms with Crippen LogP contribution in [0.25, 0.3) is 0 Å². The molecule has 6 nitrogen and oxygen atoms in total. The number of unbranched alkanes of at least 4 members (excludes halogenated alkanes) is 45. The summed E-state index contributed by atoms with van der Waals surface area (Å²) in [4.78, 5) is 38.2. The number of allylic oxidation sites excluding steroid dienone is 6. The SMILES string of the molecule is CCCCCCC/C=C\C/C=C\C/C=C\CCCCCCCCCCCCCCCCC(=O)OCC(COC(=O)CCCCCCCCCC)OC(=O)CCCCCCCCCCCCCCCCCCCCCC. The quantitative estimate of drug-likeness (QED) is 0.0261. The van der Waals surface area contributed by atoms with Crippen molar-refractivity contribution >= 4 is 17.9 Å². The lowest BCUT2D eigenvalue weighted by Gasteiger charge is -2.18. The van der Waals surface area contributed by atoms with Gasteiger partial charge in [-0.25, -0.2) is 0 Å². The summed E-state index contributed by atoms with van der Waals surface area (Å²) in [5, 5.41) is 0. The standard InChI is InChI=1S/C69H128O6/c1-4-7-10-13-16-19-21-23-25-27-29-31-32-33-34-35-36-37-38-39-41-42-44-46-48-50-53-56-59-62-68(71)74-65-66(64-73-67(70)61-58-55-52-18-15-12-9-6-3)75-69(72)63-60-57-54-51-49-47-45-43-40-30-28-26-24-22-20-17-14-11-8-5-2/h21,23,27,29,32-33,66H,4-20,22,24-26,28,30-31,34-65H2,1-3H3/b23-21-,29-27-,33-32-. The van der Waals surface area contributed by atoms with Crippen LogP contribution in [-0.2, 0) is 28.6 Å². The van der Waals surface area contributed by atoms with Gasteiger partial charge in [-0.05, 0) is 57.8 Å². The predicted octanol–water partition coefficient (Wildman–Crippen LogP) is 22.8. The molecule has 0 aromatic rings. The first kappa shape index (κ1) is 72.6. The summed E-state index contributed by atoms with van der Waals surface area (Å²) < 4.78 is 16.9. The highest BCUT2D eigenvalue weighted by atomic mass is 16.6. The second-order valence-corrected chi connectivity index (χ2v) is 22.7. The molecule has 440 valence electrons. The van der Waals surface area contributed by atoms with Gasteiger partial charge < -0.3 is 14.2 Å². The van der Waals surface area contributed by atoms with Crippen LogP contribution in [-0.4, -0.2) is 37.2 Å². The van der Waals surface area contributed by atoms with E-state index >= 15 is 0 Å². The van der Waals surface area contributed by atoms with Crippen LogP contribution in [0.1, 0.15) is 367 Å². The molecular weight excluding hydrogens is 925 g/mol. The van der Waals surface area contributed by atoms with Gasteiger partial charge in [0.05, 0.1) is 0 Å². The van der Waals surface area contributed by atoms with E-state index in [1.54, 1.807) is 0 Å². The second kappa shape index (κ2) is 64.2. The summed E-state index contributed by atoms with van der Waals surface area (Å²) in [6.45, 7) is 6.66. The third-order valence-corrected chi connectivity index (χ3v) is 15.1. The maximum absolute atomic E-state index is 12.9. The molecule has 0 heterocycles. The molecule has 0 N–H and O–H groups in total. The average Bonchev–Trinajstić information content (AvgIpc) is 3.41. The minimum atomic E-state index is -0.767. The van der Waals surface area contributed by atoms with E-state index in [-0.39, 0.29) is 31.1 Å². The summed E-state index contributed by atoms with van der Waals surface area (Å²) >= 11 is 0. The molecule has 0 saturated heterocycles. The highest BCUT2D eigenvalue weighted by molar-refractivity contribution is 5.71. The van der Waals surface area contributed by atoms with Crippen LogP contribution in [0.4, 0.5) is 0 Å². The van der Waals surface area contributed by atoms with E-state index in [9.17, 15) is 14.4 Å². The monoisotopic (exact) mass is 1050 g/mol. The maximum Gasteiger partial charge on any atom is 0.306 e. The molecule has 0 fully saturated rings. The first-order valence-corrected chi connectivity index (χ1v) is 33.5. The zero-order chi connectivity index (χ0) is 54.3. The van der Waals surface area contributed by atoms with Crippen molar-refractivity contribution < 1.29 is 28.6 Å². The van der Waals surface area contributed by atoms with E-state index < -0.39 is 6.10 Å². The molecule has 0 aromatic carbocycles. The van der Waals surface area contributed by atoms with Crippen LogP contribution >= 0.6 is 0 Å². The molecule has 6 heteroatoms. The minimum absolute atomic E-state index is 0.0665. The molecule has 0 amide bonds. The van der Waals surface area contributed by atoms with Crippen molar-refractivity contribution in [2.45, 2.75) is 374 Å². The Labute approximate surface area is 467 Å². The lowest BCUT2D eigenvalue weighted by atomic mass is 10.0. The molecule has 0 aromatic heterocycles. The molecule has 0 aliphatic rings. The zero-order valence-electron chi connectivity index (χ0n) is 50.6. The van der Waals surface area contributed by atoms with Crippen molar-refractivity contribution in [2.75, 3.05) is 13.2 Å². The Balaban J connectivity index is 4.08. The summed E-state index contributed by atoms with van der Waals surface area (Å²) in [5.74, 6) is -0.846. The van der Waals surface area contributed by atoms with E-state index in [1.165, 1.54) is 257 Å². The Morgan fingerprint density at radius 2 is 0.480 bits per heavy atom. The number of rotatable bonds is 62. The predicted molar refractivity (Wildman–Crippen MR) is 326 cm³/mol. The van der Waals surface area contributed by atoms with Gasteiger partial charge in [-0.2, -0.15) is 0 Å². The third-order valence-electron chi connectivity index (χ3n) is 15.1. The van der Waals surface area contributed by atoms with Crippen LogP contribution in [0.15, 0.2) is 36.5 Å². The van der Waals surface area contributed by atoms with E-state index in [0.717, 1.165) is 70.6 Å². The summed E-state index contributed by atoms with van der Waals surface area (Å²) in [6.07, 6.45) is 79.0. The maximum atomic E-state index is 12.9. The van der Waals surface area contributed by atoms with Crippen molar-refractivity contribution in [1.29, 1.82) is 0 Å². The molecule has 0 aliphatic carbocycles. The average molecular weight is 1050 g/mol. The van der Waals surface area contributed by atoms with Crippen LogP contribution in [0.3, 0.4) is 0 Å². The van der Waals surface area contributed by atoms with Gasteiger partial charge in [0.25, 0.3) is 0 Å². The van der Waals surface area contributed by atoms with Gasteiger partial charge >= 0.3 is 17.9 Å². The molecule has 0 radical (unpaired) electrons. The van der Waals surface area contributed by atoms with Crippen LogP contribution < -0.4 is 0 Å². The van der Waals surface area contributed by atoms with Gasteiger partial charge in [0.2, 0.25) is 0 Å². The largest absolute Gasteiger partial charge is 0.462 e. The molecule has 0 spiro atoms. The Bertz CT molecular complexity index is 1250. The van der Waals surface area contributed by atoms with Gasteiger partial charge in [-0.15, -0.1) is 0 Å². The van der Waals surface area contributed by atoms with E-state index in [4.69, 9.17) is 14.2 Å². The van der Waals surface area contributed by atoms with Crippen LogP contribution in [0.5, 0.6) is 0 Å².